The van der Waals surface area contributed by atoms with Crippen molar-refractivity contribution in [1.82, 2.24) is 10.2 Å². The molecule has 0 aliphatic heterocycles. The molecule has 0 rings (SSSR count). The van der Waals surface area contributed by atoms with Gasteiger partial charge in [-0.3, -0.25) is 4.79 Å². The van der Waals surface area contributed by atoms with Crippen LogP contribution < -0.4 is 5.32 Å². The average molecular weight is 253 g/mol. The third kappa shape index (κ3) is 5.90. The van der Waals surface area contributed by atoms with Crippen LogP contribution in [0.25, 0.3) is 0 Å². The van der Waals surface area contributed by atoms with Gasteiger partial charge in [0.1, 0.15) is 4.84 Å². The van der Waals surface area contributed by atoms with Gasteiger partial charge in [0.2, 0.25) is 5.91 Å². The quantitative estimate of drug-likeness (QED) is 0.601. The van der Waals surface area contributed by atoms with Crippen LogP contribution in [0.2, 0.25) is 0 Å². The molecule has 5 heteroatoms. The topological polar surface area (TPSA) is 32.3 Å². The normalized spacial score (nSPS) is 12.1. The Morgan fingerprint density at radius 2 is 2.00 bits per heavy atom. The largest absolute Gasteiger partial charge is 0.376 e. The molecule has 0 bridgehead atoms. The highest BCUT2D eigenvalue weighted by molar-refractivity contribution is 6.46. The SMILES string of the molecule is CCN(C)/C(=C/C(=O)NC(C)C)C(Cl)Cl. The smallest absolute Gasteiger partial charge is 0.246 e. The molecule has 0 aliphatic rings. The number of nitrogens with zero attached hydrogens (tertiary/aromatic N) is 1. The lowest BCUT2D eigenvalue weighted by atomic mass is 10.3. The van der Waals surface area contributed by atoms with Gasteiger partial charge in [-0.05, 0) is 20.8 Å². The summed E-state index contributed by atoms with van der Waals surface area (Å²) in [6.07, 6.45) is 1.44. The van der Waals surface area contributed by atoms with Crippen LogP contribution in [0.4, 0.5) is 0 Å². The highest BCUT2D eigenvalue weighted by atomic mass is 35.5. The molecule has 0 atom stereocenters. The van der Waals surface area contributed by atoms with Gasteiger partial charge in [0.25, 0.3) is 0 Å². The van der Waals surface area contributed by atoms with Gasteiger partial charge >= 0.3 is 0 Å². The van der Waals surface area contributed by atoms with Crippen molar-refractivity contribution in [3.8, 4) is 0 Å². The van der Waals surface area contributed by atoms with E-state index in [0.717, 1.165) is 6.54 Å². The minimum absolute atomic E-state index is 0.103. The number of halogens is 2. The van der Waals surface area contributed by atoms with E-state index in [9.17, 15) is 4.79 Å². The number of alkyl halides is 2. The van der Waals surface area contributed by atoms with Crippen molar-refractivity contribution in [2.24, 2.45) is 0 Å². The Bertz CT molecular complexity index is 240. The zero-order valence-electron chi connectivity index (χ0n) is 9.55. The van der Waals surface area contributed by atoms with Crippen molar-refractivity contribution in [2.75, 3.05) is 13.6 Å². The molecule has 0 unspecified atom stereocenters. The maximum atomic E-state index is 11.5. The van der Waals surface area contributed by atoms with Crippen LogP contribution in [0.15, 0.2) is 11.8 Å². The lowest BCUT2D eigenvalue weighted by Gasteiger charge is -2.21. The Labute approximate surface area is 101 Å². The minimum Gasteiger partial charge on any atom is -0.376 e. The maximum absolute atomic E-state index is 11.5. The number of allylic oxidation sites excluding steroid dienone is 1. The van der Waals surface area contributed by atoms with E-state index in [-0.39, 0.29) is 11.9 Å². The Balaban J connectivity index is 4.61. The Morgan fingerprint density at radius 3 is 2.33 bits per heavy atom. The second kappa shape index (κ2) is 6.96. The van der Waals surface area contributed by atoms with E-state index in [1.807, 2.05) is 32.7 Å². The van der Waals surface area contributed by atoms with Gasteiger partial charge in [0.15, 0.2) is 0 Å². The molecule has 0 heterocycles. The van der Waals surface area contributed by atoms with Crippen LogP contribution in [0.3, 0.4) is 0 Å². The van der Waals surface area contributed by atoms with Gasteiger partial charge in [-0.2, -0.15) is 0 Å². The summed E-state index contributed by atoms with van der Waals surface area (Å²) in [5.41, 5.74) is 0.610. The number of carbonyl (C=O) groups excluding carboxylic acids is 1. The summed E-state index contributed by atoms with van der Waals surface area (Å²) in [6.45, 7) is 6.50. The average Bonchev–Trinajstić information content (AvgIpc) is 2.11. The van der Waals surface area contributed by atoms with E-state index in [0.29, 0.717) is 5.70 Å². The summed E-state index contributed by atoms with van der Waals surface area (Å²) in [5.74, 6) is -0.174. The summed E-state index contributed by atoms with van der Waals surface area (Å²) in [7, 11) is 1.84. The first-order valence-electron chi connectivity index (χ1n) is 4.89. The number of hydrogen-bond donors (Lipinski definition) is 1. The lowest BCUT2D eigenvalue weighted by molar-refractivity contribution is -0.117. The molecule has 3 nitrogen and oxygen atoms in total. The number of nitrogens with one attached hydrogen (secondary N) is 1. The summed E-state index contributed by atoms with van der Waals surface area (Å²) in [6, 6.07) is 0.103. The molecule has 1 N–H and O–H groups in total. The van der Waals surface area contributed by atoms with Crippen molar-refractivity contribution < 1.29 is 4.79 Å². The van der Waals surface area contributed by atoms with Crippen LogP contribution in [0.1, 0.15) is 20.8 Å². The maximum Gasteiger partial charge on any atom is 0.246 e. The molecule has 0 radical (unpaired) electrons. The fraction of sp³-hybridized carbons (Fsp3) is 0.700. The molecule has 0 spiro atoms. The summed E-state index contributed by atoms with van der Waals surface area (Å²) in [4.78, 5) is 12.6. The first-order chi connectivity index (χ1) is 6.88. The molecule has 0 saturated heterocycles. The van der Waals surface area contributed by atoms with Gasteiger partial charge < -0.3 is 10.2 Å². The van der Waals surface area contributed by atoms with Gasteiger partial charge in [-0.25, -0.2) is 0 Å². The van der Waals surface area contributed by atoms with Crippen molar-refractivity contribution in [2.45, 2.75) is 31.6 Å². The zero-order valence-corrected chi connectivity index (χ0v) is 11.1. The Hall–Kier alpha value is -0.410. The molecule has 0 aromatic rings. The Kier molecular flexibility index (Phi) is 6.77. The van der Waals surface area contributed by atoms with Crippen LogP contribution in [0.5, 0.6) is 0 Å². The van der Waals surface area contributed by atoms with Crippen molar-refractivity contribution in [3.63, 3.8) is 0 Å². The standard InChI is InChI=1S/C10H18Cl2N2O/c1-5-14(4)8(10(11)12)6-9(15)13-7(2)3/h6-7,10H,5H2,1-4H3,(H,13,15)/b8-6+. The predicted molar refractivity (Wildman–Crippen MR) is 65.2 cm³/mol. The van der Waals surface area contributed by atoms with Crippen LogP contribution in [-0.4, -0.2) is 35.3 Å². The molecule has 1 amide bonds. The van der Waals surface area contributed by atoms with Gasteiger partial charge in [0.05, 0.1) is 5.70 Å². The van der Waals surface area contributed by atoms with Gasteiger partial charge in [-0.15, -0.1) is 0 Å². The van der Waals surface area contributed by atoms with Crippen LogP contribution in [-0.2, 0) is 4.79 Å². The molecule has 0 fully saturated rings. The molecule has 0 aromatic carbocycles. The minimum atomic E-state index is -0.687. The second-order valence-corrected chi connectivity index (χ2v) is 4.64. The molecular weight excluding hydrogens is 235 g/mol. The first-order valence-corrected chi connectivity index (χ1v) is 5.77. The molecule has 0 aromatic heterocycles. The van der Waals surface area contributed by atoms with E-state index in [4.69, 9.17) is 23.2 Å². The van der Waals surface area contributed by atoms with E-state index in [1.54, 1.807) is 0 Å². The van der Waals surface area contributed by atoms with E-state index < -0.39 is 4.84 Å². The Morgan fingerprint density at radius 1 is 1.47 bits per heavy atom. The van der Waals surface area contributed by atoms with Crippen molar-refractivity contribution in [3.05, 3.63) is 11.8 Å². The van der Waals surface area contributed by atoms with Crippen molar-refractivity contribution >= 4 is 29.1 Å². The third-order valence-corrected chi connectivity index (χ3v) is 2.30. The summed E-state index contributed by atoms with van der Waals surface area (Å²) < 4.78 is 0. The molecular formula is C10H18Cl2N2O. The van der Waals surface area contributed by atoms with Gasteiger partial charge in [-0.1, -0.05) is 23.2 Å². The zero-order chi connectivity index (χ0) is 12.0. The van der Waals surface area contributed by atoms with Crippen LogP contribution >= 0.6 is 23.2 Å². The fourth-order valence-electron chi connectivity index (χ4n) is 0.983. The van der Waals surface area contributed by atoms with Crippen LogP contribution in [0, 0.1) is 0 Å². The lowest BCUT2D eigenvalue weighted by Crippen LogP contribution is -2.31. The highest BCUT2D eigenvalue weighted by Gasteiger charge is 2.13. The van der Waals surface area contributed by atoms with E-state index in [2.05, 4.69) is 5.32 Å². The van der Waals surface area contributed by atoms with Crippen molar-refractivity contribution in [1.29, 1.82) is 0 Å². The molecule has 0 saturated carbocycles. The molecule has 88 valence electrons. The predicted octanol–water partition coefficient (Wildman–Crippen LogP) is 2.15. The van der Waals surface area contributed by atoms with Gasteiger partial charge in [0, 0.05) is 25.7 Å². The third-order valence-electron chi connectivity index (χ3n) is 1.85. The highest BCUT2D eigenvalue weighted by Crippen LogP contribution is 2.17. The monoisotopic (exact) mass is 252 g/mol. The number of hydrogen-bond acceptors (Lipinski definition) is 2. The summed E-state index contributed by atoms with van der Waals surface area (Å²) >= 11 is 11.5. The molecule has 15 heavy (non-hydrogen) atoms. The van der Waals surface area contributed by atoms with E-state index in [1.165, 1.54) is 6.08 Å². The molecule has 0 aliphatic carbocycles. The second-order valence-electron chi connectivity index (χ2n) is 3.55. The summed E-state index contributed by atoms with van der Waals surface area (Å²) in [5, 5.41) is 2.75. The fourth-order valence-corrected chi connectivity index (χ4v) is 1.44. The number of amides is 1. The van der Waals surface area contributed by atoms with E-state index >= 15 is 0 Å². The first kappa shape index (κ1) is 14.6. The number of rotatable bonds is 5. The number of carbonyl (C=O) groups is 1.